The van der Waals surface area contributed by atoms with Gasteiger partial charge in [-0.25, -0.2) is 0 Å². The summed E-state index contributed by atoms with van der Waals surface area (Å²) >= 11 is 1.31. The van der Waals surface area contributed by atoms with Gasteiger partial charge in [0.15, 0.2) is 0 Å². The quantitative estimate of drug-likeness (QED) is 0.677. The Morgan fingerprint density at radius 2 is 1.91 bits per heavy atom. The van der Waals surface area contributed by atoms with Crippen LogP contribution in [0.5, 0.6) is 0 Å². The SMILES string of the molecule is CN1CC(OI)(C(F)(F)F)C1. The third kappa shape index (κ3) is 1.48. The van der Waals surface area contributed by atoms with Gasteiger partial charge in [0.25, 0.3) is 0 Å². The summed E-state index contributed by atoms with van der Waals surface area (Å²) in [5.74, 6) is 0. The molecule has 1 rings (SSSR count). The summed E-state index contributed by atoms with van der Waals surface area (Å²) in [5.41, 5.74) is -1.91. The van der Waals surface area contributed by atoms with Crippen molar-refractivity contribution in [3.63, 3.8) is 0 Å². The number of rotatable bonds is 1. The molecule has 6 heteroatoms. The van der Waals surface area contributed by atoms with Gasteiger partial charge in [-0.15, -0.1) is 0 Å². The molecule has 11 heavy (non-hydrogen) atoms. The molecule has 66 valence electrons. The Kier molecular flexibility index (Phi) is 2.37. The van der Waals surface area contributed by atoms with Crippen molar-refractivity contribution in [2.45, 2.75) is 11.8 Å². The van der Waals surface area contributed by atoms with Gasteiger partial charge in [-0.05, 0) is 7.05 Å². The van der Waals surface area contributed by atoms with Gasteiger partial charge in [0.1, 0.15) is 23.0 Å². The fourth-order valence-electron chi connectivity index (χ4n) is 1.10. The summed E-state index contributed by atoms with van der Waals surface area (Å²) in [4.78, 5) is 1.56. The molecule has 0 aromatic rings. The summed E-state index contributed by atoms with van der Waals surface area (Å²) in [5, 5.41) is 0. The topological polar surface area (TPSA) is 12.5 Å². The highest BCUT2D eigenvalue weighted by atomic mass is 127. The minimum atomic E-state index is -4.25. The number of likely N-dealkylation sites (tertiary alicyclic amines) is 1. The first-order chi connectivity index (χ1) is 4.91. The third-order valence-electron chi connectivity index (χ3n) is 1.71. The molecule has 0 radical (unpaired) electrons. The lowest BCUT2D eigenvalue weighted by atomic mass is 9.95. The lowest BCUT2D eigenvalue weighted by molar-refractivity contribution is -0.276. The predicted molar refractivity (Wildman–Crippen MR) is 41.4 cm³/mol. The van der Waals surface area contributed by atoms with E-state index < -0.39 is 11.8 Å². The second-order valence-corrected chi connectivity index (χ2v) is 3.18. The van der Waals surface area contributed by atoms with E-state index in [0.29, 0.717) is 0 Å². The fourth-order valence-corrected chi connectivity index (χ4v) is 1.63. The van der Waals surface area contributed by atoms with Crippen molar-refractivity contribution in [2.24, 2.45) is 0 Å². The van der Waals surface area contributed by atoms with Crippen LogP contribution in [0.25, 0.3) is 0 Å². The Morgan fingerprint density at radius 3 is 2.00 bits per heavy atom. The van der Waals surface area contributed by atoms with Gasteiger partial charge in [-0.2, -0.15) is 13.2 Å². The normalized spacial score (nSPS) is 24.8. The van der Waals surface area contributed by atoms with Crippen LogP contribution in [0.4, 0.5) is 13.2 Å². The Hall–Kier alpha value is 0.440. The van der Waals surface area contributed by atoms with Crippen LogP contribution in [0, 0.1) is 0 Å². The highest BCUT2D eigenvalue weighted by molar-refractivity contribution is 14.1. The molecular formula is C5H7F3INO. The van der Waals surface area contributed by atoms with E-state index in [1.165, 1.54) is 23.0 Å². The smallest absolute Gasteiger partial charge is 0.300 e. The van der Waals surface area contributed by atoms with Crippen molar-refractivity contribution in [2.75, 3.05) is 20.1 Å². The molecular weight excluding hydrogens is 274 g/mol. The molecule has 0 aliphatic carbocycles. The maximum absolute atomic E-state index is 12.2. The molecule has 0 aromatic carbocycles. The summed E-state index contributed by atoms with van der Waals surface area (Å²) in [6.07, 6.45) is -4.25. The number of likely N-dealkylation sites (N-methyl/N-ethyl adjacent to an activating group) is 1. The molecule has 0 unspecified atom stereocenters. The number of halogens is 4. The van der Waals surface area contributed by atoms with E-state index in [1.807, 2.05) is 0 Å². The Labute approximate surface area is 76.4 Å². The maximum atomic E-state index is 12.2. The van der Waals surface area contributed by atoms with E-state index in [0.717, 1.165) is 0 Å². The van der Waals surface area contributed by atoms with E-state index in [9.17, 15) is 13.2 Å². The lowest BCUT2D eigenvalue weighted by Crippen LogP contribution is -2.68. The fraction of sp³-hybridized carbons (Fsp3) is 1.00. The Balaban J connectivity index is 2.65. The van der Waals surface area contributed by atoms with Crippen LogP contribution >= 0.6 is 23.0 Å². The summed E-state index contributed by atoms with van der Waals surface area (Å²) in [7, 11) is 1.62. The molecule has 1 aliphatic rings. The van der Waals surface area contributed by atoms with Crippen molar-refractivity contribution >= 4 is 23.0 Å². The van der Waals surface area contributed by atoms with Gasteiger partial charge in [0, 0.05) is 13.1 Å². The van der Waals surface area contributed by atoms with Crippen molar-refractivity contribution in [1.29, 1.82) is 0 Å². The van der Waals surface area contributed by atoms with Crippen molar-refractivity contribution in [3.8, 4) is 0 Å². The average molecular weight is 281 g/mol. The highest BCUT2D eigenvalue weighted by Gasteiger charge is 2.62. The number of nitrogens with zero attached hydrogens (tertiary/aromatic N) is 1. The van der Waals surface area contributed by atoms with Crippen LogP contribution in [-0.2, 0) is 3.07 Å². The average Bonchev–Trinajstić information content (AvgIpc) is 1.77. The van der Waals surface area contributed by atoms with Crippen LogP contribution in [0.1, 0.15) is 0 Å². The second kappa shape index (κ2) is 2.74. The van der Waals surface area contributed by atoms with E-state index in [2.05, 4.69) is 3.07 Å². The molecule has 0 bridgehead atoms. The zero-order valence-corrected chi connectivity index (χ0v) is 7.94. The molecule has 1 heterocycles. The molecule has 1 aliphatic heterocycles. The molecule has 0 aromatic heterocycles. The van der Waals surface area contributed by atoms with E-state index in [1.54, 1.807) is 11.9 Å². The highest BCUT2D eigenvalue weighted by Crippen LogP contribution is 2.41. The van der Waals surface area contributed by atoms with Crippen molar-refractivity contribution in [3.05, 3.63) is 0 Å². The second-order valence-electron chi connectivity index (χ2n) is 2.74. The van der Waals surface area contributed by atoms with Gasteiger partial charge >= 0.3 is 6.18 Å². The zero-order chi connectivity index (χ0) is 8.70. The standard InChI is InChI=1S/C5H7F3INO/c1-10-2-4(3-10,11-9)5(6,7)8/h2-3H2,1H3. The largest absolute Gasteiger partial charge is 0.421 e. The maximum Gasteiger partial charge on any atom is 0.421 e. The van der Waals surface area contributed by atoms with Crippen LogP contribution in [0.15, 0.2) is 0 Å². The summed E-state index contributed by atoms with van der Waals surface area (Å²) in [6.45, 7) is -0.140. The van der Waals surface area contributed by atoms with Crippen molar-refractivity contribution < 1.29 is 16.2 Å². The van der Waals surface area contributed by atoms with Gasteiger partial charge in [0.2, 0.25) is 5.60 Å². The molecule has 0 atom stereocenters. The minimum Gasteiger partial charge on any atom is -0.300 e. The van der Waals surface area contributed by atoms with Gasteiger partial charge in [-0.1, -0.05) is 0 Å². The zero-order valence-electron chi connectivity index (χ0n) is 5.78. The van der Waals surface area contributed by atoms with E-state index in [4.69, 9.17) is 0 Å². The number of hydrogen-bond acceptors (Lipinski definition) is 2. The van der Waals surface area contributed by atoms with Crippen LogP contribution in [0.2, 0.25) is 0 Å². The first-order valence-corrected chi connectivity index (χ1v) is 3.84. The molecule has 1 saturated heterocycles. The molecule has 0 N–H and O–H groups in total. The Bertz CT molecular complexity index is 154. The first-order valence-electron chi connectivity index (χ1n) is 2.96. The number of alkyl halides is 3. The van der Waals surface area contributed by atoms with Crippen LogP contribution < -0.4 is 0 Å². The molecule has 0 amide bonds. The lowest BCUT2D eigenvalue weighted by Gasteiger charge is -2.46. The molecule has 0 saturated carbocycles. The molecule has 1 fully saturated rings. The summed E-state index contributed by atoms with van der Waals surface area (Å²) in [6, 6.07) is 0. The van der Waals surface area contributed by atoms with Gasteiger partial charge in [0.05, 0.1) is 0 Å². The van der Waals surface area contributed by atoms with Crippen LogP contribution in [0.3, 0.4) is 0 Å². The van der Waals surface area contributed by atoms with Gasteiger partial charge < -0.3 is 0 Å². The number of hydrogen-bond donors (Lipinski definition) is 0. The minimum absolute atomic E-state index is 0.0700. The van der Waals surface area contributed by atoms with E-state index >= 15 is 0 Å². The predicted octanol–water partition coefficient (Wildman–Crippen LogP) is 1.60. The van der Waals surface area contributed by atoms with E-state index in [-0.39, 0.29) is 13.1 Å². The van der Waals surface area contributed by atoms with Gasteiger partial charge in [-0.3, -0.25) is 7.97 Å². The Morgan fingerprint density at radius 1 is 1.45 bits per heavy atom. The van der Waals surface area contributed by atoms with Crippen molar-refractivity contribution in [1.82, 2.24) is 4.90 Å². The third-order valence-corrected chi connectivity index (χ3v) is 2.56. The molecule has 2 nitrogen and oxygen atoms in total. The first kappa shape index (κ1) is 9.53. The summed E-state index contributed by atoms with van der Waals surface area (Å²) < 4.78 is 40.9. The monoisotopic (exact) mass is 281 g/mol. The van der Waals surface area contributed by atoms with Crippen LogP contribution in [-0.4, -0.2) is 36.8 Å². The molecule has 0 spiro atoms.